The fraction of sp³-hybridized carbons (Fsp3) is 0.333. The molecule has 2 aromatic carbocycles. The van der Waals surface area contributed by atoms with E-state index in [4.69, 9.17) is 14.2 Å². The molecular weight excluding hydrogens is 294 g/mol. The van der Waals surface area contributed by atoms with Gasteiger partial charge in [0.15, 0.2) is 11.5 Å². The molecular formula is C18H23NO4. The third kappa shape index (κ3) is 4.37. The van der Waals surface area contributed by atoms with Crippen LogP contribution in [-0.4, -0.2) is 33.0 Å². The van der Waals surface area contributed by atoms with Gasteiger partial charge in [-0.3, -0.25) is 0 Å². The van der Waals surface area contributed by atoms with Crippen LogP contribution in [0.4, 0.5) is 0 Å². The molecule has 0 heterocycles. The maximum atomic E-state index is 10.2. The Bertz CT molecular complexity index is 616. The van der Waals surface area contributed by atoms with Crippen molar-refractivity contribution in [2.45, 2.75) is 12.6 Å². The molecule has 1 atom stereocenters. The molecule has 124 valence electrons. The Kier molecular flexibility index (Phi) is 6.26. The maximum absolute atomic E-state index is 10.2. The summed E-state index contributed by atoms with van der Waals surface area (Å²) in [6.07, 6.45) is -0.553. The molecule has 0 spiro atoms. The molecule has 0 aromatic heterocycles. The summed E-state index contributed by atoms with van der Waals surface area (Å²) in [5.41, 5.74) is 1.82. The first-order valence-electron chi connectivity index (χ1n) is 7.42. The SMILES string of the molecule is COc1cc(OC)c(OC)cc1CNCC(O)c1ccccc1. The van der Waals surface area contributed by atoms with Gasteiger partial charge in [0.05, 0.1) is 27.4 Å². The third-order valence-corrected chi connectivity index (χ3v) is 3.62. The van der Waals surface area contributed by atoms with Crippen LogP contribution in [0.3, 0.4) is 0 Å². The fourth-order valence-corrected chi connectivity index (χ4v) is 2.37. The maximum Gasteiger partial charge on any atom is 0.164 e. The molecule has 0 saturated heterocycles. The summed E-state index contributed by atoms with van der Waals surface area (Å²) >= 11 is 0. The van der Waals surface area contributed by atoms with Crippen LogP contribution >= 0.6 is 0 Å². The lowest BCUT2D eigenvalue weighted by Gasteiger charge is -2.16. The zero-order chi connectivity index (χ0) is 16.7. The third-order valence-electron chi connectivity index (χ3n) is 3.62. The van der Waals surface area contributed by atoms with Gasteiger partial charge in [0, 0.05) is 24.7 Å². The molecule has 1 unspecified atom stereocenters. The van der Waals surface area contributed by atoms with Gasteiger partial charge in [0.2, 0.25) is 0 Å². The number of nitrogens with one attached hydrogen (secondary N) is 1. The summed E-state index contributed by atoms with van der Waals surface area (Å²) in [6.45, 7) is 0.995. The van der Waals surface area contributed by atoms with Crippen molar-refractivity contribution in [2.24, 2.45) is 0 Å². The smallest absolute Gasteiger partial charge is 0.164 e. The summed E-state index contributed by atoms with van der Waals surface area (Å²) in [5, 5.41) is 13.4. The van der Waals surface area contributed by atoms with Crippen LogP contribution in [-0.2, 0) is 6.54 Å². The number of methoxy groups -OCH3 is 3. The van der Waals surface area contributed by atoms with E-state index in [9.17, 15) is 5.11 Å². The van der Waals surface area contributed by atoms with Crippen molar-refractivity contribution in [1.29, 1.82) is 0 Å². The largest absolute Gasteiger partial charge is 0.496 e. The van der Waals surface area contributed by atoms with Crippen molar-refractivity contribution in [3.05, 3.63) is 53.6 Å². The molecule has 0 saturated carbocycles. The lowest BCUT2D eigenvalue weighted by molar-refractivity contribution is 0.174. The Hall–Kier alpha value is -2.24. The van der Waals surface area contributed by atoms with Gasteiger partial charge in [-0.05, 0) is 11.6 Å². The van der Waals surface area contributed by atoms with Crippen LogP contribution < -0.4 is 19.5 Å². The van der Waals surface area contributed by atoms with Crippen LogP contribution in [0.2, 0.25) is 0 Å². The molecule has 5 nitrogen and oxygen atoms in total. The fourth-order valence-electron chi connectivity index (χ4n) is 2.37. The Morgan fingerprint density at radius 3 is 2.13 bits per heavy atom. The molecule has 2 N–H and O–H groups in total. The molecule has 23 heavy (non-hydrogen) atoms. The van der Waals surface area contributed by atoms with Gasteiger partial charge in [0.25, 0.3) is 0 Å². The normalized spacial score (nSPS) is 11.8. The number of aliphatic hydroxyl groups is 1. The van der Waals surface area contributed by atoms with Crippen LogP contribution in [0, 0.1) is 0 Å². The highest BCUT2D eigenvalue weighted by Gasteiger charge is 2.12. The summed E-state index contributed by atoms with van der Waals surface area (Å²) in [7, 11) is 4.80. The van der Waals surface area contributed by atoms with E-state index in [2.05, 4.69) is 5.32 Å². The molecule has 5 heteroatoms. The van der Waals surface area contributed by atoms with Crippen LogP contribution in [0.1, 0.15) is 17.2 Å². The number of aliphatic hydroxyl groups excluding tert-OH is 1. The van der Waals surface area contributed by atoms with Gasteiger partial charge in [-0.25, -0.2) is 0 Å². The van der Waals surface area contributed by atoms with E-state index in [1.54, 1.807) is 27.4 Å². The average molecular weight is 317 g/mol. The second-order valence-corrected chi connectivity index (χ2v) is 5.08. The van der Waals surface area contributed by atoms with Gasteiger partial charge >= 0.3 is 0 Å². The van der Waals surface area contributed by atoms with Crippen molar-refractivity contribution in [2.75, 3.05) is 27.9 Å². The molecule has 0 fully saturated rings. The molecule has 0 aliphatic carbocycles. The lowest BCUT2D eigenvalue weighted by Crippen LogP contribution is -2.21. The zero-order valence-corrected chi connectivity index (χ0v) is 13.7. The number of hydrogen-bond acceptors (Lipinski definition) is 5. The summed E-state index contributed by atoms with van der Waals surface area (Å²) in [5.74, 6) is 1.98. The predicted molar refractivity (Wildman–Crippen MR) is 89.2 cm³/mol. The minimum Gasteiger partial charge on any atom is -0.496 e. The standard InChI is InChI=1S/C18H23NO4/c1-21-16-10-18(23-3)17(22-2)9-14(16)11-19-12-15(20)13-7-5-4-6-8-13/h4-10,15,19-20H,11-12H2,1-3H3. The Balaban J connectivity index is 2.02. The summed E-state index contributed by atoms with van der Waals surface area (Å²) in [4.78, 5) is 0. The van der Waals surface area contributed by atoms with E-state index in [1.165, 1.54) is 0 Å². The second kappa shape index (κ2) is 8.41. The average Bonchev–Trinajstić information content (AvgIpc) is 2.61. The van der Waals surface area contributed by atoms with Crippen LogP contribution in [0.25, 0.3) is 0 Å². The minimum atomic E-state index is -0.553. The molecule has 0 radical (unpaired) electrons. The molecule has 0 aliphatic rings. The van der Waals surface area contributed by atoms with Crippen molar-refractivity contribution >= 4 is 0 Å². The van der Waals surface area contributed by atoms with Crippen molar-refractivity contribution < 1.29 is 19.3 Å². The first-order chi connectivity index (χ1) is 11.2. The number of benzene rings is 2. The van der Waals surface area contributed by atoms with Gasteiger partial charge in [-0.1, -0.05) is 30.3 Å². The van der Waals surface area contributed by atoms with E-state index < -0.39 is 6.10 Å². The van der Waals surface area contributed by atoms with E-state index in [-0.39, 0.29) is 0 Å². The number of rotatable bonds is 8. The van der Waals surface area contributed by atoms with Gasteiger partial charge in [-0.2, -0.15) is 0 Å². The van der Waals surface area contributed by atoms with Crippen molar-refractivity contribution in [1.82, 2.24) is 5.32 Å². The number of ether oxygens (including phenoxy) is 3. The van der Waals surface area contributed by atoms with Crippen LogP contribution in [0.15, 0.2) is 42.5 Å². The lowest BCUT2D eigenvalue weighted by atomic mass is 10.1. The van der Waals surface area contributed by atoms with Gasteiger partial charge < -0.3 is 24.6 Å². The minimum absolute atomic E-state index is 0.446. The van der Waals surface area contributed by atoms with Gasteiger partial charge in [-0.15, -0.1) is 0 Å². The molecule has 0 aliphatic heterocycles. The highest BCUT2D eigenvalue weighted by molar-refractivity contribution is 5.50. The first kappa shape index (κ1) is 17.1. The van der Waals surface area contributed by atoms with Crippen LogP contribution in [0.5, 0.6) is 17.2 Å². The highest BCUT2D eigenvalue weighted by atomic mass is 16.5. The number of hydrogen-bond donors (Lipinski definition) is 2. The highest BCUT2D eigenvalue weighted by Crippen LogP contribution is 2.34. The molecule has 2 rings (SSSR count). The zero-order valence-electron chi connectivity index (χ0n) is 13.7. The molecule has 0 amide bonds. The summed E-state index contributed by atoms with van der Waals surface area (Å²) in [6, 6.07) is 13.2. The van der Waals surface area contributed by atoms with Crippen molar-refractivity contribution in [3.63, 3.8) is 0 Å². The summed E-state index contributed by atoms with van der Waals surface area (Å²) < 4.78 is 16.0. The van der Waals surface area contributed by atoms with Crippen molar-refractivity contribution in [3.8, 4) is 17.2 Å². The quantitative estimate of drug-likeness (QED) is 0.783. The molecule has 0 bridgehead atoms. The second-order valence-electron chi connectivity index (χ2n) is 5.08. The predicted octanol–water partition coefficient (Wildman–Crippen LogP) is 2.54. The molecule has 2 aromatic rings. The Morgan fingerprint density at radius 2 is 1.52 bits per heavy atom. The van der Waals surface area contributed by atoms with E-state index in [0.29, 0.717) is 30.3 Å². The van der Waals surface area contributed by atoms with E-state index in [0.717, 1.165) is 11.1 Å². The Labute approximate surface area is 136 Å². The van der Waals surface area contributed by atoms with Gasteiger partial charge in [0.1, 0.15) is 5.75 Å². The first-order valence-corrected chi connectivity index (χ1v) is 7.42. The Morgan fingerprint density at radius 1 is 0.913 bits per heavy atom. The monoisotopic (exact) mass is 317 g/mol. The topological polar surface area (TPSA) is 60.0 Å². The van der Waals surface area contributed by atoms with E-state index >= 15 is 0 Å². The van der Waals surface area contributed by atoms with E-state index in [1.807, 2.05) is 36.4 Å².